The van der Waals surface area contributed by atoms with Gasteiger partial charge in [-0.2, -0.15) is 4.31 Å². The Balaban J connectivity index is 1.56. The summed E-state index contributed by atoms with van der Waals surface area (Å²) in [6, 6.07) is 12.1. The highest BCUT2D eigenvalue weighted by Crippen LogP contribution is 2.20. The van der Waals surface area contributed by atoms with Crippen molar-refractivity contribution in [3.63, 3.8) is 0 Å². The van der Waals surface area contributed by atoms with E-state index < -0.39 is 15.8 Å². The Labute approximate surface area is 165 Å². The predicted molar refractivity (Wildman–Crippen MR) is 101 cm³/mol. The minimum absolute atomic E-state index is 0.0831. The van der Waals surface area contributed by atoms with Crippen LogP contribution in [0.1, 0.15) is 0 Å². The molecule has 144 valence electrons. The van der Waals surface area contributed by atoms with Crippen LogP contribution in [0.3, 0.4) is 0 Å². The molecule has 0 aliphatic carbocycles. The quantitative estimate of drug-likeness (QED) is 0.692. The van der Waals surface area contributed by atoms with Gasteiger partial charge < -0.3 is 9.64 Å². The first-order valence-corrected chi connectivity index (χ1v) is 10.5. The molecule has 0 radical (unpaired) electrons. The van der Waals surface area contributed by atoms with Crippen LogP contribution in [-0.4, -0.2) is 56.3 Å². The zero-order valence-electron chi connectivity index (χ0n) is 14.3. The number of piperazine rings is 1. The number of hydrogen-bond acceptors (Lipinski definition) is 4. The normalized spacial score (nSPS) is 15.6. The van der Waals surface area contributed by atoms with E-state index in [9.17, 15) is 17.6 Å². The highest BCUT2D eigenvalue weighted by molar-refractivity contribution is 9.10. The van der Waals surface area contributed by atoms with E-state index in [1.54, 1.807) is 23.1 Å². The van der Waals surface area contributed by atoms with Gasteiger partial charge in [-0.1, -0.05) is 28.1 Å². The lowest BCUT2D eigenvalue weighted by atomic mass is 10.3. The van der Waals surface area contributed by atoms with Crippen LogP contribution in [0.2, 0.25) is 0 Å². The van der Waals surface area contributed by atoms with Crippen LogP contribution in [0.5, 0.6) is 5.75 Å². The van der Waals surface area contributed by atoms with Gasteiger partial charge in [-0.25, -0.2) is 12.8 Å². The summed E-state index contributed by atoms with van der Waals surface area (Å²) >= 11 is 3.33. The van der Waals surface area contributed by atoms with Crippen molar-refractivity contribution in [1.82, 2.24) is 9.21 Å². The van der Waals surface area contributed by atoms with Crippen molar-refractivity contribution in [2.75, 3.05) is 32.8 Å². The molecule has 1 fully saturated rings. The summed E-state index contributed by atoms with van der Waals surface area (Å²) in [5.41, 5.74) is 0. The Morgan fingerprint density at radius 1 is 1.07 bits per heavy atom. The number of hydrogen-bond donors (Lipinski definition) is 0. The third kappa shape index (κ3) is 4.85. The molecular formula is C18H18BrFN2O4S. The van der Waals surface area contributed by atoms with Crippen molar-refractivity contribution in [3.8, 4) is 5.75 Å². The minimum atomic E-state index is -3.77. The van der Waals surface area contributed by atoms with E-state index in [1.807, 2.05) is 6.07 Å². The molecule has 2 aromatic rings. The highest BCUT2D eigenvalue weighted by atomic mass is 79.9. The molecule has 9 heteroatoms. The first kappa shape index (κ1) is 19.8. The van der Waals surface area contributed by atoms with Crippen LogP contribution in [0.4, 0.5) is 4.39 Å². The van der Waals surface area contributed by atoms with E-state index in [2.05, 4.69) is 15.9 Å². The zero-order chi connectivity index (χ0) is 19.4. The number of ether oxygens (including phenoxy) is 1. The van der Waals surface area contributed by atoms with Gasteiger partial charge in [0.2, 0.25) is 10.0 Å². The fraction of sp³-hybridized carbons (Fsp3) is 0.278. The Morgan fingerprint density at radius 3 is 2.44 bits per heavy atom. The first-order valence-electron chi connectivity index (χ1n) is 8.28. The summed E-state index contributed by atoms with van der Waals surface area (Å²) in [6.07, 6.45) is 0. The lowest BCUT2D eigenvalue weighted by molar-refractivity contribution is -0.134. The molecule has 1 aliphatic rings. The van der Waals surface area contributed by atoms with Crippen LogP contribution in [-0.2, 0) is 14.8 Å². The lowest BCUT2D eigenvalue weighted by Gasteiger charge is -2.34. The molecule has 0 saturated carbocycles. The van der Waals surface area contributed by atoms with Crippen molar-refractivity contribution in [2.45, 2.75) is 4.90 Å². The maximum absolute atomic E-state index is 13.3. The molecule has 1 heterocycles. The Hall–Kier alpha value is -1.97. The van der Waals surface area contributed by atoms with Gasteiger partial charge in [0.1, 0.15) is 11.6 Å². The number of benzene rings is 2. The smallest absolute Gasteiger partial charge is 0.260 e. The lowest BCUT2D eigenvalue weighted by Crippen LogP contribution is -2.51. The maximum atomic E-state index is 13.3. The van der Waals surface area contributed by atoms with E-state index in [1.165, 1.54) is 22.5 Å². The molecule has 1 aliphatic heterocycles. The monoisotopic (exact) mass is 456 g/mol. The minimum Gasteiger partial charge on any atom is -0.484 e. The van der Waals surface area contributed by atoms with E-state index in [0.717, 1.165) is 10.5 Å². The molecule has 1 amide bonds. The predicted octanol–water partition coefficient (Wildman–Crippen LogP) is 2.50. The molecular weight excluding hydrogens is 439 g/mol. The SMILES string of the molecule is O=C(COc1cccc(Br)c1)N1CCN(S(=O)(=O)c2cccc(F)c2)CC1. The average Bonchev–Trinajstić information content (AvgIpc) is 2.66. The van der Waals surface area contributed by atoms with Gasteiger partial charge in [0.25, 0.3) is 5.91 Å². The van der Waals surface area contributed by atoms with Gasteiger partial charge in [-0.05, 0) is 36.4 Å². The number of carbonyl (C=O) groups is 1. The molecule has 0 unspecified atom stereocenters. The Kier molecular flexibility index (Phi) is 6.13. The fourth-order valence-corrected chi connectivity index (χ4v) is 4.58. The number of sulfonamides is 1. The second-order valence-corrected chi connectivity index (χ2v) is 8.84. The molecule has 27 heavy (non-hydrogen) atoms. The Morgan fingerprint density at radius 2 is 1.78 bits per heavy atom. The molecule has 3 rings (SSSR count). The number of rotatable bonds is 5. The highest BCUT2D eigenvalue weighted by Gasteiger charge is 2.30. The maximum Gasteiger partial charge on any atom is 0.260 e. The largest absolute Gasteiger partial charge is 0.484 e. The number of halogens is 2. The fourth-order valence-electron chi connectivity index (χ4n) is 2.75. The second-order valence-electron chi connectivity index (χ2n) is 5.99. The van der Waals surface area contributed by atoms with Crippen molar-refractivity contribution in [1.29, 1.82) is 0 Å². The second kappa shape index (κ2) is 8.37. The summed E-state index contributed by atoms with van der Waals surface area (Å²) in [7, 11) is -3.77. The van der Waals surface area contributed by atoms with Gasteiger partial charge in [0, 0.05) is 30.7 Å². The van der Waals surface area contributed by atoms with E-state index in [0.29, 0.717) is 5.75 Å². The average molecular weight is 457 g/mol. The van der Waals surface area contributed by atoms with E-state index >= 15 is 0 Å². The van der Waals surface area contributed by atoms with Gasteiger partial charge in [-0.15, -0.1) is 0 Å². The summed E-state index contributed by atoms with van der Waals surface area (Å²) < 4.78 is 46.1. The van der Waals surface area contributed by atoms with Gasteiger partial charge in [0.05, 0.1) is 4.90 Å². The van der Waals surface area contributed by atoms with Crippen LogP contribution < -0.4 is 4.74 Å². The van der Waals surface area contributed by atoms with Crippen molar-refractivity contribution >= 4 is 31.9 Å². The molecule has 0 aromatic heterocycles. The topological polar surface area (TPSA) is 66.9 Å². The molecule has 6 nitrogen and oxygen atoms in total. The van der Waals surface area contributed by atoms with Crippen LogP contribution in [0.15, 0.2) is 57.9 Å². The molecule has 2 aromatic carbocycles. The standard InChI is InChI=1S/C18H18BrFN2O4S/c19-14-3-1-5-16(11-14)26-13-18(23)21-7-9-22(10-8-21)27(24,25)17-6-2-4-15(20)12-17/h1-6,11-12H,7-10,13H2. The van der Waals surface area contributed by atoms with Crippen LogP contribution >= 0.6 is 15.9 Å². The summed E-state index contributed by atoms with van der Waals surface area (Å²) in [5.74, 6) is -0.239. The number of carbonyl (C=O) groups excluding carboxylic acids is 1. The summed E-state index contributed by atoms with van der Waals surface area (Å²) in [5, 5.41) is 0. The third-order valence-corrected chi connectivity index (χ3v) is 6.57. The number of amides is 1. The molecule has 0 bridgehead atoms. The van der Waals surface area contributed by atoms with Crippen molar-refractivity contribution < 1.29 is 22.3 Å². The van der Waals surface area contributed by atoms with E-state index in [4.69, 9.17) is 4.74 Å². The number of nitrogens with zero attached hydrogens (tertiary/aromatic N) is 2. The Bertz CT molecular complexity index is 930. The first-order chi connectivity index (χ1) is 12.9. The van der Waals surface area contributed by atoms with Crippen LogP contribution in [0.25, 0.3) is 0 Å². The molecule has 0 spiro atoms. The third-order valence-electron chi connectivity index (χ3n) is 4.18. The molecule has 0 atom stereocenters. The van der Waals surface area contributed by atoms with E-state index in [-0.39, 0.29) is 43.6 Å². The van der Waals surface area contributed by atoms with Crippen LogP contribution in [0, 0.1) is 5.82 Å². The zero-order valence-corrected chi connectivity index (χ0v) is 16.7. The summed E-state index contributed by atoms with van der Waals surface area (Å²) in [4.78, 5) is 13.8. The summed E-state index contributed by atoms with van der Waals surface area (Å²) in [6.45, 7) is 0.709. The molecule has 0 N–H and O–H groups in total. The van der Waals surface area contributed by atoms with Crippen molar-refractivity contribution in [3.05, 3.63) is 58.8 Å². The van der Waals surface area contributed by atoms with Gasteiger partial charge in [-0.3, -0.25) is 4.79 Å². The van der Waals surface area contributed by atoms with Crippen molar-refractivity contribution in [2.24, 2.45) is 0 Å². The van der Waals surface area contributed by atoms with Gasteiger partial charge >= 0.3 is 0 Å². The molecule has 1 saturated heterocycles. The van der Waals surface area contributed by atoms with Gasteiger partial charge in [0.15, 0.2) is 6.61 Å².